The highest BCUT2D eigenvalue weighted by Gasteiger charge is 2.48. The minimum absolute atomic E-state index is 0.306. The molecule has 2 N–H and O–H groups in total. The van der Waals surface area contributed by atoms with E-state index in [2.05, 4.69) is 0 Å². The second-order valence-corrected chi connectivity index (χ2v) is 14.3. The van der Waals surface area contributed by atoms with Crippen molar-refractivity contribution in [2.75, 3.05) is 35.5 Å². The maximum atomic E-state index is 10.4. The number of aliphatic hydroxyl groups is 2. The van der Waals surface area contributed by atoms with Crippen LogP contribution in [0.5, 0.6) is 0 Å². The molecule has 0 spiro atoms. The third kappa shape index (κ3) is 9.97. The maximum absolute atomic E-state index is 10.4. The summed E-state index contributed by atoms with van der Waals surface area (Å²) in [6.07, 6.45) is -7.59. The van der Waals surface area contributed by atoms with Crippen LogP contribution in [-0.4, -0.2) is 169 Å². The molecule has 0 aromatic heterocycles. The lowest BCUT2D eigenvalue weighted by molar-refractivity contribution is -0.351. The number of aliphatic hydroxyl groups excluding tert-OH is 2. The van der Waals surface area contributed by atoms with Crippen LogP contribution in [0.2, 0.25) is 0 Å². The van der Waals surface area contributed by atoms with E-state index in [0.717, 1.165) is 0 Å². The molecule has 0 unspecified atom stereocenters. The topological polar surface area (TPSA) is 170 Å². The molecule has 5 heterocycles. The van der Waals surface area contributed by atoms with Crippen LogP contribution in [0.4, 0.5) is 0 Å². The zero-order chi connectivity index (χ0) is 37.0. The summed E-state index contributed by atoms with van der Waals surface area (Å²) >= 11 is 0. The molecule has 5 rings (SSSR count). The molecular formula is C35H62O16. The van der Waals surface area contributed by atoms with Gasteiger partial charge in [-0.2, -0.15) is 0 Å². The summed E-state index contributed by atoms with van der Waals surface area (Å²) in [7, 11) is 8.08. The zero-order valence-electron chi connectivity index (χ0n) is 31.7. The zero-order valence-corrected chi connectivity index (χ0v) is 31.7. The van der Waals surface area contributed by atoms with E-state index in [9.17, 15) is 10.2 Å². The molecule has 51 heavy (non-hydrogen) atoms. The van der Waals surface area contributed by atoms with Crippen molar-refractivity contribution >= 4 is 0 Å². The summed E-state index contributed by atoms with van der Waals surface area (Å²) in [6, 6.07) is 0. The van der Waals surface area contributed by atoms with Crippen molar-refractivity contribution < 1.29 is 76.5 Å². The van der Waals surface area contributed by atoms with Gasteiger partial charge in [0.1, 0.15) is 30.5 Å². The lowest BCUT2D eigenvalue weighted by Crippen LogP contribution is -2.58. The van der Waals surface area contributed by atoms with Crippen LogP contribution in [-0.2, 0) is 66.3 Å². The van der Waals surface area contributed by atoms with Crippen molar-refractivity contribution in [2.24, 2.45) is 0 Å². The van der Waals surface area contributed by atoms with Gasteiger partial charge < -0.3 is 76.5 Å². The van der Waals surface area contributed by atoms with Gasteiger partial charge in [0, 0.05) is 67.7 Å². The van der Waals surface area contributed by atoms with Gasteiger partial charge in [-0.25, -0.2) is 0 Å². The minimum atomic E-state index is -0.903. The van der Waals surface area contributed by atoms with Crippen LogP contribution in [0.3, 0.4) is 0 Å². The van der Waals surface area contributed by atoms with Crippen molar-refractivity contribution in [3.63, 3.8) is 0 Å². The highest BCUT2D eigenvalue weighted by molar-refractivity contribution is 4.91. The molecule has 5 aliphatic heterocycles. The Morgan fingerprint density at radius 1 is 0.373 bits per heavy atom. The van der Waals surface area contributed by atoms with E-state index in [1.807, 2.05) is 27.7 Å². The molecule has 5 saturated heterocycles. The fourth-order valence-electron chi connectivity index (χ4n) is 8.02. The van der Waals surface area contributed by atoms with Crippen molar-refractivity contribution in [3.05, 3.63) is 0 Å². The Bertz CT molecular complexity index is 1040. The van der Waals surface area contributed by atoms with Crippen molar-refractivity contribution in [1.82, 2.24) is 0 Å². The molecule has 0 amide bonds. The number of ether oxygens (including phenoxy) is 14. The Labute approximate surface area is 301 Å². The van der Waals surface area contributed by atoms with E-state index in [1.54, 1.807) is 42.5 Å². The van der Waals surface area contributed by atoms with Gasteiger partial charge in [0.15, 0.2) is 31.5 Å². The van der Waals surface area contributed by atoms with Crippen LogP contribution in [0.1, 0.15) is 66.7 Å². The summed E-state index contributed by atoms with van der Waals surface area (Å²) in [5.41, 5.74) is 0. The van der Waals surface area contributed by atoms with Gasteiger partial charge in [-0.15, -0.1) is 0 Å². The van der Waals surface area contributed by atoms with Gasteiger partial charge >= 0.3 is 0 Å². The number of methoxy groups -OCH3 is 5. The molecule has 0 radical (unpaired) electrons. The first-order chi connectivity index (χ1) is 24.4. The fourth-order valence-corrected chi connectivity index (χ4v) is 8.02. The molecular weight excluding hydrogens is 676 g/mol. The molecule has 0 aliphatic carbocycles. The largest absolute Gasteiger partial charge is 0.388 e. The third-order valence-electron chi connectivity index (χ3n) is 10.9. The minimum Gasteiger partial charge on any atom is -0.388 e. The van der Waals surface area contributed by atoms with Crippen LogP contribution < -0.4 is 0 Å². The first-order valence-corrected chi connectivity index (χ1v) is 18.3. The number of rotatable bonds is 13. The molecule has 0 bridgehead atoms. The normalized spacial score (nSPS) is 49.9. The summed E-state index contributed by atoms with van der Waals surface area (Å²) in [5, 5.41) is 20.4. The number of hydrogen-bond acceptors (Lipinski definition) is 16. The molecule has 20 atom stereocenters. The van der Waals surface area contributed by atoms with Gasteiger partial charge in [0.2, 0.25) is 0 Å². The van der Waals surface area contributed by atoms with Crippen molar-refractivity contribution in [3.8, 4) is 0 Å². The highest BCUT2D eigenvalue weighted by Crippen LogP contribution is 2.36. The van der Waals surface area contributed by atoms with Gasteiger partial charge in [-0.05, 0) is 34.6 Å². The van der Waals surface area contributed by atoms with Gasteiger partial charge in [0.05, 0.1) is 61.0 Å². The molecule has 16 nitrogen and oxygen atoms in total. The molecule has 0 aromatic rings. The lowest BCUT2D eigenvalue weighted by Gasteiger charge is -2.47. The Hall–Kier alpha value is -0.640. The van der Waals surface area contributed by atoms with E-state index in [4.69, 9.17) is 66.3 Å². The van der Waals surface area contributed by atoms with Crippen LogP contribution >= 0.6 is 0 Å². The summed E-state index contributed by atoms with van der Waals surface area (Å²) < 4.78 is 84.9. The summed E-state index contributed by atoms with van der Waals surface area (Å²) in [6.45, 7) is 9.40. The second-order valence-electron chi connectivity index (χ2n) is 14.3. The second kappa shape index (κ2) is 18.8. The lowest BCUT2D eigenvalue weighted by atomic mass is 9.98. The summed E-state index contributed by atoms with van der Waals surface area (Å²) in [5.74, 6) is 0. The van der Waals surface area contributed by atoms with Crippen LogP contribution in [0.25, 0.3) is 0 Å². The summed E-state index contributed by atoms with van der Waals surface area (Å²) in [4.78, 5) is 0. The van der Waals surface area contributed by atoms with E-state index in [0.29, 0.717) is 32.1 Å². The number of hydrogen-bond donors (Lipinski definition) is 2. The van der Waals surface area contributed by atoms with Crippen LogP contribution in [0, 0.1) is 0 Å². The predicted molar refractivity (Wildman–Crippen MR) is 176 cm³/mol. The van der Waals surface area contributed by atoms with Gasteiger partial charge in [-0.1, -0.05) is 0 Å². The Morgan fingerprint density at radius 2 is 0.647 bits per heavy atom. The molecule has 0 aromatic carbocycles. The monoisotopic (exact) mass is 738 g/mol. The van der Waals surface area contributed by atoms with E-state index < -0.39 is 80.3 Å². The molecule has 5 fully saturated rings. The fraction of sp³-hybridized carbons (Fsp3) is 1.00. The predicted octanol–water partition coefficient (Wildman–Crippen LogP) is 1.63. The Kier molecular flexibility index (Phi) is 15.3. The maximum Gasteiger partial charge on any atom is 0.161 e. The Balaban J connectivity index is 1.14. The van der Waals surface area contributed by atoms with Gasteiger partial charge in [0.25, 0.3) is 0 Å². The first-order valence-electron chi connectivity index (χ1n) is 18.3. The van der Waals surface area contributed by atoms with E-state index in [-0.39, 0.29) is 42.7 Å². The molecule has 5 aliphatic rings. The van der Waals surface area contributed by atoms with Gasteiger partial charge in [-0.3, -0.25) is 0 Å². The standard InChI is InChI=1S/C35H62O16/c1-16-31(37)21(38-6)12-27(44-16)48-33-18(3)46-29(14-23(33)40-8)50-35-20(5)47-30(15-25(35)42-10)51-34-19(4)45-28(13-24(34)41-9)49-32-17(2)43-26(36)11-22(32)39-7/h16-37H,11-15H2,1-10H3/t16-,17-,18+,19-,20+,21+,22+,23+,24+,25+,26-,27-,28+,29-,30-,31-,32-,33+,34-,35+/m0/s1. The quantitative estimate of drug-likeness (QED) is 0.279. The average Bonchev–Trinajstić information content (AvgIpc) is 3.10. The molecule has 16 heteroatoms. The average molecular weight is 739 g/mol. The van der Waals surface area contributed by atoms with E-state index >= 15 is 0 Å². The first kappa shape index (κ1) is 41.5. The third-order valence-corrected chi connectivity index (χ3v) is 10.9. The SMILES string of the molecule is CO[C@@H]1C[C@H](O[C@@H]2[C@@H](C)O[C@@H](O[C@@H]3[C@@H](C)O[C@@H](O[C@H]4[C@H](C)O[C@H](O[C@H]5[C@H](C)O[C@H](O)C[C@H]5OC)C[C@H]4OC)C[C@H]3OC)C[C@H]2OC)O[C@@H](C)[C@@H]1O. The highest BCUT2D eigenvalue weighted by atomic mass is 16.8. The smallest absolute Gasteiger partial charge is 0.161 e. The van der Waals surface area contributed by atoms with Crippen molar-refractivity contribution in [1.29, 1.82) is 0 Å². The van der Waals surface area contributed by atoms with Crippen LogP contribution in [0.15, 0.2) is 0 Å². The van der Waals surface area contributed by atoms with E-state index in [1.165, 1.54) is 0 Å². The molecule has 298 valence electrons. The van der Waals surface area contributed by atoms with Crippen molar-refractivity contribution in [2.45, 2.75) is 190 Å². The molecule has 0 saturated carbocycles. The Morgan fingerprint density at radius 3 is 0.980 bits per heavy atom.